The van der Waals surface area contributed by atoms with Crippen molar-refractivity contribution in [1.82, 2.24) is 0 Å². The highest BCUT2D eigenvalue weighted by Gasteiger charge is 2.42. The Bertz CT molecular complexity index is 2450. The van der Waals surface area contributed by atoms with Crippen molar-refractivity contribution in [1.29, 1.82) is 0 Å². The molecule has 0 amide bonds. The maximum absolute atomic E-state index is 2.51. The molecule has 1 heteroatoms. The predicted octanol–water partition coefficient (Wildman–Crippen LogP) is 13.1. The summed E-state index contributed by atoms with van der Waals surface area (Å²) in [5, 5.41) is 0. The number of rotatable bonds is 4. The number of fused-ring (bicyclic) bond motifs is 9. The topological polar surface area (TPSA) is 3.24 Å². The smallest absolute Gasteiger partial charge is 0.0465 e. The molecule has 0 N–H and O–H groups in total. The van der Waals surface area contributed by atoms with Gasteiger partial charge in [0, 0.05) is 33.3 Å². The van der Waals surface area contributed by atoms with Gasteiger partial charge in [-0.1, -0.05) is 149 Å². The summed E-state index contributed by atoms with van der Waals surface area (Å²) in [6.45, 7) is 11.9. The van der Waals surface area contributed by atoms with Crippen LogP contribution in [0.5, 0.6) is 0 Å². The van der Waals surface area contributed by atoms with Crippen molar-refractivity contribution in [2.24, 2.45) is 0 Å². The lowest BCUT2D eigenvalue weighted by atomic mass is 9.74. The van der Waals surface area contributed by atoms with E-state index >= 15 is 0 Å². The molecule has 7 aromatic carbocycles. The number of hydrogen-bond acceptors (Lipinski definition) is 1. The second kappa shape index (κ2) is 10.4. The van der Waals surface area contributed by atoms with E-state index in [1.165, 1.54) is 89.4 Å². The van der Waals surface area contributed by atoms with E-state index in [0.29, 0.717) is 0 Å². The van der Waals surface area contributed by atoms with Gasteiger partial charge >= 0.3 is 0 Å². The van der Waals surface area contributed by atoms with Crippen molar-refractivity contribution in [3.05, 3.63) is 197 Å². The van der Waals surface area contributed by atoms with Gasteiger partial charge < -0.3 is 4.90 Å². The van der Waals surface area contributed by atoms with Crippen molar-refractivity contribution in [3.8, 4) is 33.4 Å². The van der Waals surface area contributed by atoms with Gasteiger partial charge in [0.2, 0.25) is 0 Å². The van der Waals surface area contributed by atoms with Gasteiger partial charge in [0.1, 0.15) is 0 Å². The molecule has 3 aliphatic carbocycles. The van der Waals surface area contributed by atoms with E-state index in [1.807, 2.05) is 0 Å². The average molecular weight is 656 g/mol. The molecule has 3 aliphatic rings. The fraction of sp³-hybridized carbons (Fsp3) is 0.160. The van der Waals surface area contributed by atoms with Crippen molar-refractivity contribution in [3.63, 3.8) is 0 Å². The first-order valence-corrected chi connectivity index (χ1v) is 18.3. The van der Waals surface area contributed by atoms with Crippen molar-refractivity contribution < 1.29 is 0 Å². The molecule has 0 saturated heterocycles. The van der Waals surface area contributed by atoms with Crippen LogP contribution in [0.2, 0.25) is 0 Å². The summed E-state index contributed by atoms with van der Waals surface area (Å²) < 4.78 is 0. The average Bonchev–Trinajstić information content (AvgIpc) is 3.66. The predicted molar refractivity (Wildman–Crippen MR) is 214 cm³/mol. The van der Waals surface area contributed by atoms with Gasteiger partial charge in [0.05, 0.1) is 0 Å². The summed E-state index contributed by atoms with van der Waals surface area (Å²) in [4.78, 5) is 2.51. The first kappa shape index (κ1) is 30.2. The van der Waals surface area contributed by atoms with Crippen molar-refractivity contribution in [2.75, 3.05) is 4.90 Å². The van der Waals surface area contributed by atoms with Gasteiger partial charge in [0.15, 0.2) is 0 Å². The Hall–Kier alpha value is -5.66. The van der Waals surface area contributed by atoms with Crippen LogP contribution < -0.4 is 4.90 Å². The van der Waals surface area contributed by atoms with E-state index < -0.39 is 0 Å². The van der Waals surface area contributed by atoms with Crippen LogP contribution >= 0.6 is 0 Å². The van der Waals surface area contributed by atoms with Crippen molar-refractivity contribution in [2.45, 2.75) is 50.9 Å². The van der Waals surface area contributed by atoms with Crippen LogP contribution in [0.4, 0.5) is 17.1 Å². The standard InChI is InChI=1S/C50H41N/c1-48(2)42-20-12-9-17-36(42)39-26-23-33(29-45(39)48)51(34-24-27-40-37-18-10-13-21-43(37)49(3,4)46(40)30-34)35-25-28-41-38-19-11-14-22-44(38)50(5,47(41)31-35)32-15-7-6-8-16-32/h6-31H,1-5H3. The molecular weight excluding hydrogens is 615 g/mol. The minimum absolute atomic E-state index is 0.0966. The molecule has 0 fully saturated rings. The van der Waals surface area contributed by atoms with Gasteiger partial charge in [-0.2, -0.15) is 0 Å². The number of nitrogens with zero attached hydrogens (tertiary/aromatic N) is 1. The number of benzene rings is 7. The van der Waals surface area contributed by atoms with Crippen LogP contribution in [0, 0.1) is 0 Å². The molecule has 0 bridgehead atoms. The van der Waals surface area contributed by atoms with Gasteiger partial charge in [0.25, 0.3) is 0 Å². The van der Waals surface area contributed by atoms with E-state index in [9.17, 15) is 0 Å². The first-order valence-electron chi connectivity index (χ1n) is 18.3. The highest BCUT2D eigenvalue weighted by atomic mass is 15.1. The molecule has 0 aliphatic heterocycles. The fourth-order valence-electron chi connectivity index (χ4n) is 9.81. The Morgan fingerprint density at radius 1 is 0.314 bits per heavy atom. The molecule has 0 radical (unpaired) electrons. The second-order valence-electron chi connectivity index (χ2n) is 15.9. The van der Waals surface area contributed by atoms with Crippen molar-refractivity contribution >= 4 is 17.1 Å². The maximum atomic E-state index is 2.51. The highest BCUT2D eigenvalue weighted by Crippen LogP contribution is 2.56. The summed E-state index contributed by atoms with van der Waals surface area (Å²) in [5.41, 5.74) is 20.7. The monoisotopic (exact) mass is 655 g/mol. The van der Waals surface area contributed by atoms with Crippen LogP contribution in [0.25, 0.3) is 33.4 Å². The third kappa shape index (κ3) is 4.04. The molecule has 246 valence electrons. The minimum Gasteiger partial charge on any atom is -0.310 e. The molecule has 0 heterocycles. The van der Waals surface area contributed by atoms with E-state index in [1.54, 1.807) is 0 Å². The maximum Gasteiger partial charge on any atom is 0.0465 e. The first-order chi connectivity index (χ1) is 24.7. The quantitative estimate of drug-likeness (QED) is 0.182. The molecular formula is C50H41N. The Morgan fingerprint density at radius 2 is 0.667 bits per heavy atom. The zero-order chi connectivity index (χ0) is 34.7. The Balaban J connectivity index is 1.21. The van der Waals surface area contributed by atoms with E-state index in [-0.39, 0.29) is 16.2 Å². The fourth-order valence-corrected chi connectivity index (χ4v) is 9.81. The summed E-state index contributed by atoms with van der Waals surface area (Å²) in [5.74, 6) is 0. The highest BCUT2D eigenvalue weighted by molar-refractivity contribution is 5.91. The van der Waals surface area contributed by atoms with Gasteiger partial charge in [-0.3, -0.25) is 0 Å². The number of hydrogen-bond donors (Lipinski definition) is 0. The minimum atomic E-state index is -0.280. The zero-order valence-corrected chi connectivity index (χ0v) is 30.0. The van der Waals surface area contributed by atoms with E-state index in [4.69, 9.17) is 0 Å². The van der Waals surface area contributed by atoms with E-state index in [0.717, 1.165) is 0 Å². The molecule has 0 spiro atoms. The van der Waals surface area contributed by atoms with Crippen LogP contribution in [-0.2, 0) is 16.2 Å². The van der Waals surface area contributed by atoms with Crippen LogP contribution in [0.15, 0.2) is 158 Å². The summed E-state index contributed by atoms with van der Waals surface area (Å²) in [7, 11) is 0. The van der Waals surface area contributed by atoms with Crippen LogP contribution in [0.3, 0.4) is 0 Å². The Kier molecular flexibility index (Phi) is 6.18. The SMILES string of the molecule is CC1(C)c2ccccc2-c2ccc(N(c3ccc4c(c3)C(C)(C)c3ccccc3-4)c3ccc4c(c3)C(C)(c3ccccc3)c3ccccc3-4)cc21. The summed E-state index contributed by atoms with van der Waals surface area (Å²) in [6, 6.07) is 59.4. The lowest BCUT2D eigenvalue weighted by molar-refractivity contribution is 0.660. The van der Waals surface area contributed by atoms with Crippen LogP contribution in [-0.4, -0.2) is 0 Å². The summed E-state index contributed by atoms with van der Waals surface area (Å²) in [6.07, 6.45) is 0. The Labute approximate surface area is 301 Å². The van der Waals surface area contributed by atoms with Gasteiger partial charge in [-0.25, -0.2) is 0 Å². The van der Waals surface area contributed by atoms with Gasteiger partial charge in [-0.05, 0) is 116 Å². The largest absolute Gasteiger partial charge is 0.310 e. The number of anilines is 3. The molecule has 7 aromatic rings. The molecule has 1 nitrogen and oxygen atoms in total. The lowest BCUT2D eigenvalue weighted by Gasteiger charge is -2.32. The molecule has 1 unspecified atom stereocenters. The zero-order valence-electron chi connectivity index (χ0n) is 30.0. The normalized spacial score (nSPS) is 17.9. The molecule has 10 rings (SSSR count). The molecule has 0 aromatic heterocycles. The third-order valence-electron chi connectivity index (χ3n) is 12.6. The van der Waals surface area contributed by atoms with Gasteiger partial charge in [-0.15, -0.1) is 0 Å². The third-order valence-corrected chi connectivity index (χ3v) is 12.6. The molecule has 51 heavy (non-hydrogen) atoms. The van der Waals surface area contributed by atoms with Crippen LogP contribution in [0.1, 0.15) is 73.6 Å². The molecule has 1 atom stereocenters. The second-order valence-corrected chi connectivity index (χ2v) is 15.9. The Morgan fingerprint density at radius 3 is 1.16 bits per heavy atom. The van der Waals surface area contributed by atoms with E-state index in [2.05, 4.69) is 197 Å². The molecule has 0 saturated carbocycles. The lowest BCUT2D eigenvalue weighted by Crippen LogP contribution is -2.23. The summed E-state index contributed by atoms with van der Waals surface area (Å²) >= 11 is 0.